The Hall–Kier alpha value is -4.32. The molecule has 6 rings (SSSR count). The Morgan fingerprint density at radius 3 is 1.36 bits per heavy atom. The topological polar surface area (TPSA) is 61.4 Å². The maximum absolute atomic E-state index is 5.12. The molecular weight excluding hydrogens is 444 g/mol. The molecule has 0 aliphatic rings. The smallest absolute Gasteiger partial charge is 0.138 e. The molecule has 178 valence electrons. The quantitative estimate of drug-likeness (QED) is 0.291. The van der Waals surface area contributed by atoms with E-state index in [1.807, 2.05) is 70.3 Å². The Labute approximate surface area is 210 Å². The first-order chi connectivity index (χ1) is 17.4. The summed E-state index contributed by atoms with van der Waals surface area (Å²) < 4.78 is 4.09. The second kappa shape index (κ2) is 8.12. The van der Waals surface area contributed by atoms with E-state index >= 15 is 0 Å². The molecule has 4 heterocycles. The van der Waals surface area contributed by atoms with Crippen molar-refractivity contribution < 1.29 is 0 Å². The molecular formula is C30H28N6. The van der Waals surface area contributed by atoms with Crippen molar-refractivity contribution in [3.63, 3.8) is 0 Å². The molecule has 0 radical (unpaired) electrons. The lowest BCUT2D eigenvalue weighted by Gasteiger charge is -2.41. The molecule has 0 unspecified atom stereocenters. The predicted octanol–water partition coefficient (Wildman–Crippen LogP) is 6.41. The molecule has 0 aliphatic carbocycles. The maximum atomic E-state index is 5.12. The van der Waals surface area contributed by atoms with Crippen LogP contribution < -0.4 is 0 Å². The van der Waals surface area contributed by atoms with Crippen molar-refractivity contribution in [2.75, 3.05) is 0 Å². The number of fused-ring (bicyclic) bond motifs is 2. The monoisotopic (exact) mass is 472 g/mol. The number of imidazole rings is 2. The van der Waals surface area contributed by atoms with E-state index in [2.05, 4.69) is 74.1 Å². The third kappa shape index (κ3) is 3.40. The normalized spacial score (nSPS) is 12.4. The van der Waals surface area contributed by atoms with Gasteiger partial charge in [-0.05, 0) is 48.5 Å². The standard InChI is InChI=1S/C30H28N6/c1-29(2,25-15-9-17-27(33-25)35-19-31-21-11-5-7-13-23(21)35)30(3,4)26-16-10-18-28(34-26)36-20-32-22-12-6-8-14-24(22)36/h5-20H,1-4H3. The van der Waals surface area contributed by atoms with Gasteiger partial charge in [0.25, 0.3) is 0 Å². The van der Waals surface area contributed by atoms with Crippen molar-refractivity contribution >= 4 is 22.1 Å². The number of rotatable bonds is 5. The van der Waals surface area contributed by atoms with Crippen LogP contribution in [0.2, 0.25) is 0 Å². The van der Waals surface area contributed by atoms with Crippen LogP contribution in [-0.2, 0) is 10.8 Å². The van der Waals surface area contributed by atoms with Crippen molar-refractivity contribution in [2.24, 2.45) is 0 Å². The zero-order valence-corrected chi connectivity index (χ0v) is 20.9. The number of para-hydroxylation sites is 4. The third-order valence-corrected chi connectivity index (χ3v) is 7.71. The number of hydrogen-bond acceptors (Lipinski definition) is 4. The second-order valence-corrected chi connectivity index (χ2v) is 10.2. The van der Waals surface area contributed by atoms with Crippen molar-refractivity contribution in [1.29, 1.82) is 0 Å². The molecule has 6 heteroatoms. The summed E-state index contributed by atoms with van der Waals surface area (Å²) in [5.41, 5.74) is 5.37. The van der Waals surface area contributed by atoms with E-state index in [-0.39, 0.29) is 10.8 Å². The van der Waals surface area contributed by atoms with Crippen LogP contribution in [0.4, 0.5) is 0 Å². The van der Waals surface area contributed by atoms with E-state index in [9.17, 15) is 0 Å². The number of hydrogen-bond donors (Lipinski definition) is 0. The van der Waals surface area contributed by atoms with Gasteiger partial charge in [-0.3, -0.25) is 9.13 Å². The van der Waals surface area contributed by atoms with Gasteiger partial charge in [-0.1, -0.05) is 64.1 Å². The van der Waals surface area contributed by atoms with Gasteiger partial charge < -0.3 is 0 Å². The average Bonchev–Trinajstić information content (AvgIpc) is 3.53. The van der Waals surface area contributed by atoms with Crippen LogP contribution in [0.15, 0.2) is 97.6 Å². The second-order valence-electron chi connectivity index (χ2n) is 10.2. The summed E-state index contributed by atoms with van der Waals surface area (Å²) in [6, 6.07) is 28.7. The Balaban J connectivity index is 1.40. The molecule has 0 spiro atoms. The number of pyridine rings is 2. The minimum atomic E-state index is -0.317. The van der Waals surface area contributed by atoms with E-state index in [1.165, 1.54) is 0 Å². The van der Waals surface area contributed by atoms with Gasteiger partial charge in [0.1, 0.15) is 24.3 Å². The zero-order valence-electron chi connectivity index (χ0n) is 20.9. The largest absolute Gasteiger partial charge is 0.283 e. The lowest BCUT2D eigenvalue weighted by atomic mass is 9.64. The first-order valence-corrected chi connectivity index (χ1v) is 12.2. The number of aromatic nitrogens is 6. The lowest BCUT2D eigenvalue weighted by molar-refractivity contribution is 0.288. The Bertz CT molecular complexity index is 1580. The summed E-state index contributed by atoms with van der Waals surface area (Å²) in [4.78, 5) is 19.3. The van der Waals surface area contributed by atoms with Crippen LogP contribution >= 0.6 is 0 Å². The number of benzene rings is 2. The average molecular weight is 473 g/mol. The van der Waals surface area contributed by atoms with Gasteiger partial charge in [0, 0.05) is 22.2 Å². The summed E-state index contributed by atoms with van der Waals surface area (Å²) in [5, 5.41) is 0. The molecule has 2 aromatic carbocycles. The molecule has 6 nitrogen and oxygen atoms in total. The van der Waals surface area contributed by atoms with E-state index in [0.717, 1.165) is 45.1 Å². The Morgan fingerprint density at radius 1 is 0.500 bits per heavy atom. The van der Waals surface area contributed by atoms with Crippen molar-refractivity contribution in [3.05, 3.63) is 109 Å². The molecule has 0 amide bonds. The van der Waals surface area contributed by atoms with Gasteiger partial charge in [-0.2, -0.15) is 0 Å². The molecule has 4 aromatic heterocycles. The molecule has 0 N–H and O–H groups in total. The molecule has 0 bridgehead atoms. The van der Waals surface area contributed by atoms with E-state index in [0.29, 0.717) is 0 Å². The molecule has 0 aliphatic heterocycles. The van der Waals surface area contributed by atoms with E-state index in [4.69, 9.17) is 9.97 Å². The Kier molecular flexibility index (Phi) is 5.00. The zero-order chi connectivity index (χ0) is 24.9. The first kappa shape index (κ1) is 22.2. The van der Waals surface area contributed by atoms with Crippen LogP contribution in [0.3, 0.4) is 0 Å². The van der Waals surface area contributed by atoms with Crippen molar-refractivity contribution in [2.45, 2.75) is 38.5 Å². The summed E-state index contributed by atoms with van der Waals surface area (Å²) in [5.74, 6) is 1.72. The van der Waals surface area contributed by atoms with Crippen molar-refractivity contribution in [3.8, 4) is 11.6 Å². The van der Waals surface area contributed by atoms with Gasteiger partial charge >= 0.3 is 0 Å². The fraction of sp³-hybridized carbons (Fsp3) is 0.200. The third-order valence-electron chi connectivity index (χ3n) is 7.71. The van der Waals surface area contributed by atoms with Gasteiger partial charge in [0.2, 0.25) is 0 Å². The molecule has 36 heavy (non-hydrogen) atoms. The minimum Gasteiger partial charge on any atom is -0.283 e. The minimum absolute atomic E-state index is 0.317. The molecule has 0 saturated heterocycles. The molecule has 0 atom stereocenters. The van der Waals surface area contributed by atoms with Crippen LogP contribution in [0.25, 0.3) is 33.7 Å². The molecule has 6 aromatic rings. The highest BCUT2D eigenvalue weighted by atomic mass is 15.1. The fourth-order valence-corrected chi connectivity index (χ4v) is 4.73. The van der Waals surface area contributed by atoms with Crippen LogP contribution in [-0.4, -0.2) is 29.1 Å². The van der Waals surface area contributed by atoms with Crippen LogP contribution in [0.1, 0.15) is 39.1 Å². The summed E-state index contributed by atoms with van der Waals surface area (Å²) in [6.45, 7) is 8.97. The molecule has 0 saturated carbocycles. The predicted molar refractivity (Wildman–Crippen MR) is 144 cm³/mol. The number of nitrogens with zero attached hydrogens (tertiary/aromatic N) is 6. The van der Waals surface area contributed by atoms with E-state index in [1.54, 1.807) is 0 Å². The highest BCUT2D eigenvalue weighted by molar-refractivity contribution is 5.77. The van der Waals surface area contributed by atoms with E-state index < -0.39 is 0 Å². The Morgan fingerprint density at radius 2 is 0.917 bits per heavy atom. The summed E-state index contributed by atoms with van der Waals surface area (Å²) >= 11 is 0. The van der Waals surface area contributed by atoms with Gasteiger partial charge in [0.15, 0.2) is 0 Å². The van der Waals surface area contributed by atoms with Gasteiger partial charge in [0.05, 0.1) is 22.1 Å². The van der Waals surface area contributed by atoms with Crippen LogP contribution in [0, 0.1) is 0 Å². The lowest BCUT2D eigenvalue weighted by Crippen LogP contribution is -2.42. The SMILES string of the molecule is CC(C)(c1cccc(-n2cnc3ccccc32)n1)C(C)(C)c1cccc(-n2cnc3ccccc32)n1. The van der Waals surface area contributed by atoms with Crippen LogP contribution in [0.5, 0.6) is 0 Å². The maximum Gasteiger partial charge on any atom is 0.138 e. The highest BCUT2D eigenvalue weighted by Crippen LogP contribution is 2.42. The summed E-state index contributed by atoms with van der Waals surface area (Å²) in [6.07, 6.45) is 3.69. The van der Waals surface area contributed by atoms with Gasteiger partial charge in [-0.15, -0.1) is 0 Å². The highest BCUT2D eigenvalue weighted by Gasteiger charge is 2.42. The van der Waals surface area contributed by atoms with Gasteiger partial charge in [-0.25, -0.2) is 19.9 Å². The van der Waals surface area contributed by atoms with Crippen molar-refractivity contribution in [1.82, 2.24) is 29.1 Å². The summed E-state index contributed by atoms with van der Waals surface area (Å²) in [7, 11) is 0. The fourth-order valence-electron chi connectivity index (χ4n) is 4.73. The molecule has 0 fully saturated rings. The first-order valence-electron chi connectivity index (χ1n) is 12.2.